The van der Waals surface area contributed by atoms with Gasteiger partial charge >= 0.3 is 0 Å². The van der Waals surface area contributed by atoms with E-state index < -0.39 is 16.1 Å². The fourth-order valence-corrected chi connectivity index (χ4v) is 4.18. The molecule has 3 aromatic carbocycles. The molecule has 0 fully saturated rings. The second-order valence-corrected chi connectivity index (χ2v) is 10.4. The van der Waals surface area contributed by atoms with Crippen molar-refractivity contribution < 1.29 is 33.2 Å². The lowest BCUT2D eigenvalue weighted by Crippen LogP contribution is -2.23. The van der Waals surface area contributed by atoms with Crippen LogP contribution in [0.5, 0.6) is 11.5 Å². The first-order valence-electron chi connectivity index (χ1n) is 11.9. The van der Waals surface area contributed by atoms with Crippen molar-refractivity contribution in [3.8, 4) is 11.5 Å². The number of hydrogen-bond donors (Lipinski definition) is 5. The summed E-state index contributed by atoms with van der Waals surface area (Å²) in [5, 5.41) is 32.4. The van der Waals surface area contributed by atoms with Gasteiger partial charge in [-0.1, -0.05) is 30.3 Å². The van der Waals surface area contributed by atoms with E-state index in [-0.39, 0.29) is 12.4 Å². The summed E-state index contributed by atoms with van der Waals surface area (Å²) < 4.78 is 36.5. The van der Waals surface area contributed by atoms with Crippen molar-refractivity contribution >= 4 is 15.7 Å². The Morgan fingerprint density at radius 3 is 2.49 bits per heavy atom. The molecule has 0 saturated carbocycles. The Labute approximate surface area is 217 Å². The van der Waals surface area contributed by atoms with E-state index in [0.717, 1.165) is 29.6 Å². The molecule has 0 unspecified atom stereocenters. The van der Waals surface area contributed by atoms with Gasteiger partial charge in [-0.3, -0.25) is 4.72 Å². The predicted octanol–water partition coefficient (Wildman–Crippen LogP) is 2.72. The number of nitrogens with one attached hydrogen (secondary N) is 2. The van der Waals surface area contributed by atoms with Crippen LogP contribution in [0.15, 0.2) is 66.7 Å². The minimum atomic E-state index is -3.32. The van der Waals surface area contributed by atoms with Gasteiger partial charge in [-0.15, -0.1) is 0 Å². The first kappa shape index (κ1) is 28.4. The molecule has 0 amide bonds. The van der Waals surface area contributed by atoms with E-state index >= 15 is 0 Å². The molecule has 37 heavy (non-hydrogen) atoms. The lowest BCUT2D eigenvalue weighted by Gasteiger charge is -2.14. The Hall–Kier alpha value is -3.15. The van der Waals surface area contributed by atoms with Gasteiger partial charge in [-0.25, -0.2) is 8.42 Å². The molecule has 0 spiro atoms. The molecule has 3 rings (SSSR count). The van der Waals surface area contributed by atoms with Gasteiger partial charge in [-0.05, 0) is 66.1 Å². The zero-order valence-corrected chi connectivity index (χ0v) is 21.6. The highest BCUT2D eigenvalue weighted by Crippen LogP contribution is 2.22. The number of benzene rings is 3. The monoisotopic (exact) mass is 530 g/mol. The third kappa shape index (κ3) is 10.0. The molecular formula is C27H34N2O7S. The minimum absolute atomic E-state index is 0.0124. The number of hydrogen-bond acceptors (Lipinski definition) is 8. The van der Waals surface area contributed by atoms with Crippen LogP contribution in [0.3, 0.4) is 0 Å². The lowest BCUT2D eigenvalue weighted by molar-refractivity contribution is 0.0889. The van der Waals surface area contributed by atoms with Gasteiger partial charge in [0.25, 0.3) is 0 Å². The van der Waals surface area contributed by atoms with Crippen molar-refractivity contribution in [2.24, 2.45) is 0 Å². The second-order valence-electron chi connectivity index (χ2n) is 8.64. The molecule has 0 saturated heterocycles. The fraction of sp³-hybridized carbons (Fsp3) is 0.333. The van der Waals surface area contributed by atoms with Crippen LogP contribution < -0.4 is 14.8 Å². The average molecular weight is 531 g/mol. The summed E-state index contributed by atoms with van der Waals surface area (Å²) in [6.07, 6.45) is 1.15. The molecule has 9 nitrogen and oxygen atoms in total. The molecule has 0 radical (unpaired) electrons. The van der Waals surface area contributed by atoms with Crippen LogP contribution in [0.1, 0.15) is 28.4 Å². The number of aliphatic hydroxyl groups is 2. The second kappa shape index (κ2) is 14.0. The molecule has 0 aliphatic carbocycles. The summed E-state index contributed by atoms with van der Waals surface area (Å²) in [6, 6.07) is 19.5. The van der Waals surface area contributed by atoms with Crippen LogP contribution in [-0.2, 0) is 34.4 Å². The zero-order chi connectivity index (χ0) is 26.7. The van der Waals surface area contributed by atoms with Gasteiger partial charge in [0.1, 0.15) is 18.1 Å². The Bertz CT molecular complexity index is 1230. The molecule has 0 aromatic heterocycles. The summed E-state index contributed by atoms with van der Waals surface area (Å²) in [4.78, 5) is 0. The maximum absolute atomic E-state index is 11.3. The van der Waals surface area contributed by atoms with Crippen LogP contribution in [-0.4, -0.2) is 56.3 Å². The van der Waals surface area contributed by atoms with Crippen LogP contribution in [0.25, 0.3) is 0 Å². The first-order valence-corrected chi connectivity index (χ1v) is 13.8. The van der Waals surface area contributed by atoms with E-state index in [1.807, 2.05) is 30.3 Å². The van der Waals surface area contributed by atoms with Crippen molar-refractivity contribution in [1.82, 2.24) is 5.32 Å². The van der Waals surface area contributed by atoms with Gasteiger partial charge in [0.15, 0.2) is 0 Å². The van der Waals surface area contributed by atoms with E-state index in [2.05, 4.69) is 10.0 Å². The summed E-state index contributed by atoms with van der Waals surface area (Å²) in [5.74, 6) is 0.750. The van der Waals surface area contributed by atoms with Crippen LogP contribution in [0.2, 0.25) is 0 Å². The molecule has 0 bridgehead atoms. The molecule has 0 aliphatic heterocycles. The Kier molecular flexibility index (Phi) is 10.7. The molecule has 5 N–H and O–H groups in total. The summed E-state index contributed by atoms with van der Waals surface area (Å²) in [6.45, 7) is 1.87. The van der Waals surface area contributed by atoms with Gasteiger partial charge < -0.3 is 30.1 Å². The van der Waals surface area contributed by atoms with Crippen molar-refractivity contribution in [2.75, 3.05) is 37.3 Å². The standard InChI is InChI=1S/C27H34N2O7S/c1-37(33,34)29-24-4-2-3-21(15-24)19-35-13-14-36-25-8-5-20(6-9-25)11-12-28-17-27(32)22-7-10-26(31)23(16-22)18-30/h2-10,15-16,27-32H,11-14,17-19H2,1H3/t27-/m1/s1. The predicted molar refractivity (Wildman–Crippen MR) is 142 cm³/mol. The normalized spacial score (nSPS) is 12.3. The smallest absolute Gasteiger partial charge is 0.229 e. The topological polar surface area (TPSA) is 137 Å². The number of aliphatic hydroxyl groups excluding tert-OH is 2. The van der Waals surface area contributed by atoms with Gasteiger partial charge in [0.2, 0.25) is 10.0 Å². The number of aromatic hydroxyl groups is 1. The minimum Gasteiger partial charge on any atom is -0.508 e. The third-order valence-corrected chi connectivity index (χ3v) is 6.11. The quantitative estimate of drug-likeness (QED) is 0.189. The van der Waals surface area contributed by atoms with Gasteiger partial charge in [-0.2, -0.15) is 0 Å². The molecule has 1 atom stereocenters. The summed E-state index contributed by atoms with van der Waals surface area (Å²) >= 11 is 0. The van der Waals surface area contributed by atoms with E-state index in [1.165, 1.54) is 6.07 Å². The first-order chi connectivity index (χ1) is 17.7. The van der Waals surface area contributed by atoms with E-state index in [0.29, 0.717) is 49.7 Å². The molecule has 0 heterocycles. The highest BCUT2D eigenvalue weighted by Gasteiger charge is 2.10. The largest absolute Gasteiger partial charge is 0.508 e. The molecule has 10 heteroatoms. The number of rotatable bonds is 15. The number of anilines is 1. The third-order valence-electron chi connectivity index (χ3n) is 5.51. The zero-order valence-electron chi connectivity index (χ0n) is 20.8. The summed E-state index contributed by atoms with van der Waals surface area (Å²) in [5.41, 5.74) is 3.51. The molecule has 0 aliphatic rings. The Morgan fingerprint density at radius 1 is 0.973 bits per heavy atom. The molecule has 200 valence electrons. The highest BCUT2D eigenvalue weighted by atomic mass is 32.2. The van der Waals surface area contributed by atoms with Crippen molar-refractivity contribution in [3.05, 3.63) is 89.0 Å². The van der Waals surface area contributed by atoms with E-state index in [1.54, 1.807) is 30.3 Å². The highest BCUT2D eigenvalue weighted by molar-refractivity contribution is 7.92. The van der Waals surface area contributed by atoms with Crippen LogP contribution in [0, 0.1) is 0 Å². The number of ether oxygens (including phenoxy) is 2. The number of phenols is 1. The fourth-order valence-electron chi connectivity index (χ4n) is 3.63. The Balaban J connectivity index is 1.31. The molecule has 3 aromatic rings. The lowest BCUT2D eigenvalue weighted by atomic mass is 10.1. The van der Waals surface area contributed by atoms with Gasteiger partial charge in [0.05, 0.1) is 32.2 Å². The van der Waals surface area contributed by atoms with E-state index in [4.69, 9.17) is 9.47 Å². The number of sulfonamides is 1. The maximum Gasteiger partial charge on any atom is 0.229 e. The van der Waals surface area contributed by atoms with Gasteiger partial charge in [0, 0.05) is 17.8 Å². The van der Waals surface area contributed by atoms with Crippen molar-refractivity contribution in [2.45, 2.75) is 25.7 Å². The molecular weight excluding hydrogens is 496 g/mol. The maximum atomic E-state index is 11.3. The SMILES string of the molecule is CS(=O)(=O)Nc1cccc(COCCOc2ccc(CCNC[C@@H](O)c3ccc(O)c(CO)c3)cc2)c1. The van der Waals surface area contributed by atoms with E-state index in [9.17, 15) is 23.7 Å². The van der Waals surface area contributed by atoms with Crippen LogP contribution in [0.4, 0.5) is 5.69 Å². The van der Waals surface area contributed by atoms with Crippen molar-refractivity contribution in [3.63, 3.8) is 0 Å². The van der Waals surface area contributed by atoms with Crippen LogP contribution >= 0.6 is 0 Å². The van der Waals surface area contributed by atoms with Crippen molar-refractivity contribution in [1.29, 1.82) is 0 Å². The Morgan fingerprint density at radius 2 is 1.76 bits per heavy atom. The summed E-state index contributed by atoms with van der Waals surface area (Å²) in [7, 11) is -3.32. The average Bonchev–Trinajstić information content (AvgIpc) is 2.86.